The zero-order chi connectivity index (χ0) is 21.0. The number of thioether (sulfide) groups is 1. The normalized spacial score (nSPS) is 13.1. The third kappa shape index (κ3) is 4.67. The fraction of sp³-hybridized carbons (Fsp3) is 0.364. The van der Waals surface area contributed by atoms with E-state index in [1.165, 1.54) is 11.8 Å². The summed E-state index contributed by atoms with van der Waals surface area (Å²) < 4.78 is 1.71. The third-order valence-electron chi connectivity index (χ3n) is 5.11. The lowest BCUT2D eigenvalue weighted by Crippen LogP contribution is -2.24. The molecule has 3 aromatic rings. The van der Waals surface area contributed by atoms with Gasteiger partial charge < -0.3 is 5.32 Å². The molecule has 0 saturated heterocycles. The molecule has 0 bridgehead atoms. The van der Waals surface area contributed by atoms with Crippen LogP contribution in [0, 0.1) is 13.8 Å². The van der Waals surface area contributed by atoms with Crippen LogP contribution in [0.4, 0.5) is 5.69 Å². The molecule has 0 saturated carbocycles. The number of aromatic nitrogens is 4. The van der Waals surface area contributed by atoms with Crippen LogP contribution in [0.1, 0.15) is 49.8 Å². The molecular formula is C22H27N5OS. The number of rotatable bonds is 7. The van der Waals surface area contributed by atoms with Crippen molar-refractivity contribution in [3.8, 4) is 5.69 Å². The summed E-state index contributed by atoms with van der Waals surface area (Å²) >= 11 is 1.35. The maximum Gasteiger partial charge on any atom is 0.237 e. The van der Waals surface area contributed by atoms with Crippen LogP contribution in [0.5, 0.6) is 0 Å². The Morgan fingerprint density at radius 1 is 1.10 bits per heavy atom. The number of anilines is 1. The summed E-state index contributed by atoms with van der Waals surface area (Å²) in [6, 6.07) is 14.0. The van der Waals surface area contributed by atoms with Gasteiger partial charge in [0.2, 0.25) is 11.1 Å². The Hall–Kier alpha value is -2.67. The van der Waals surface area contributed by atoms with Gasteiger partial charge in [-0.1, -0.05) is 62.0 Å². The Labute approximate surface area is 176 Å². The fourth-order valence-electron chi connectivity index (χ4n) is 3.24. The molecule has 3 rings (SSSR count). The van der Waals surface area contributed by atoms with Crippen LogP contribution in [0.3, 0.4) is 0 Å². The van der Waals surface area contributed by atoms with E-state index in [1.54, 1.807) is 4.68 Å². The number of aryl methyl sites for hydroxylation is 2. The molecule has 0 unspecified atom stereocenters. The Morgan fingerprint density at radius 3 is 2.48 bits per heavy atom. The van der Waals surface area contributed by atoms with Gasteiger partial charge >= 0.3 is 0 Å². The van der Waals surface area contributed by atoms with Gasteiger partial charge in [0.25, 0.3) is 0 Å². The smallest absolute Gasteiger partial charge is 0.237 e. The maximum atomic E-state index is 12.9. The predicted octanol–water partition coefficient (Wildman–Crippen LogP) is 4.91. The predicted molar refractivity (Wildman–Crippen MR) is 118 cm³/mol. The van der Waals surface area contributed by atoms with Gasteiger partial charge in [0.15, 0.2) is 0 Å². The van der Waals surface area contributed by atoms with Gasteiger partial charge in [0.1, 0.15) is 0 Å². The highest BCUT2D eigenvalue weighted by Gasteiger charge is 2.21. The molecule has 0 aliphatic rings. The van der Waals surface area contributed by atoms with E-state index in [4.69, 9.17) is 0 Å². The third-order valence-corrected chi connectivity index (χ3v) is 6.14. The Morgan fingerprint density at radius 2 is 1.79 bits per heavy atom. The van der Waals surface area contributed by atoms with E-state index in [-0.39, 0.29) is 11.2 Å². The lowest BCUT2D eigenvalue weighted by molar-refractivity contribution is -0.115. The molecule has 6 nitrogen and oxygen atoms in total. The lowest BCUT2D eigenvalue weighted by Gasteiger charge is -2.18. The van der Waals surface area contributed by atoms with Gasteiger partial charge in [0, 0.05) is 5.69 Å². The average Bonchev–Trinajstić information content (AvgIpc) is 3.15. The Kier molecular flexibility index (Phi) is 6.69. The second-order valence-electron chi connectivity index (χ2n) is 7.26. The van der Waals surface area contributed by atoms with Crippen LogP contribution in [-0.4, -0.2) is 31.4 Å². The second-order valence-corrected chi connectivity index (χ2v) is 8.57. The minimum Gasteiger partial charge on any atom is -0.325 e. The topological polar surface area (TPSA) is 72.7 Å². The number of carbonyl (C=O) groups is 1. The molecule has 0 aliphatic heterocycles. The number of tetrazole rings is 1. The molecule has 2 atom stereocenters. The summed E-state index contributed by atoms with van der Waals surface area (Å²) in [5.74, 6) is 0.313. The number of nitrogens with one attached hydrogen (secondary N) is 1. The molecular weight excluding hydrogens is 382 g/mol. The molecule has 1 N–H and O–H groups in total. The summed E-state index contributed by atoms with van der Waals surface area (Å²) in [6.45, 7) is 10.2. The monoisotopic (exact) mass is 409 g/mol. The molecule has 1 heterocycles. The first-order valence-corrected chi connectivity index (χ1v) is 10.7. The minimum absolute atomic E-state index is 0.0678. The highest BCUT2D eigenvalue weighted by Crippen LogP contribution is 2.29. The Bertz CT molecular complexity index is 980. The largest absolute Gasteiger partial charge is 0.325 e. The summed E-state index contributed by atoms with van der Waals surface area (Å²) in [5.41, 5.74) is 5.14. The number of amides is 1. The summed E-state index contributed by atoms with van der Waals surface area (Å²) in [6.07, 6.45) is 1.02. The number of carbonyl (C=O) groups excluding carboxylic acids is 1. The van der Waals surface area contributed by atoms with E-state index in [9.17, 15) is 4.79 Å². The lowest BCUT2D eigenvalue weighted by atomic mass is 9.97. The molecule has 1 aromatic heterocycles. The van der Waals surface area contributed by atoms with Crippen molar-refractivity contribution in [2.45, 2.75) is 57.4 Å². The van der Waals surface area contributed by atoms with E-state index >= 15 is 0 Å². The number of nitrogens with zero attached hydrogens (tertiary/aromatic N) is 4. The first-order valence-electron chi connectivity index (χ1n) is 9.83. The van der Waals surface area contributed by atoms with Crippen LogP contribution in [0.25, 0.3) is 5.69 Å². The molecule has 29 heavy (non-hydrogen) atoms. The van der Waals surface area contributed by atoms with Crippen molar-refractivity contribution in [1.82, 2.24) is 20.2 Å². The van der Waals surface area contributed by atoms with Crippen molar-refractivity contribution in [3.63, 3.8) is 0 Å². The zero-order valence-corrected chi connectivity index (χ0v) is 18.3. The molecule has 2 aromatic carbocycles. The summed E-state index contributed by atoms with van der Waals surface area (Å²) in [4.78, 5) is 12.9. The molecule has 7 heteroatoms. The minimum atomic E-state index is -0.353. The van der Waals surface area contributed by atoms with Crippen LogP contribution >= 0.6 is 11.8 Å². The molecule has 0 radical (unpaired) electrons. The molecule has 0 fully saturated rings. The van der Waals surface area contributed by atoms with Crippen molar-refractivity contribution < 1.29 is 4.79 Å². The van der Waals surface area contributed by atoms with Crippen molar-refractivity contribution in [2.75, 3.05) is 5.32 Å². The van der Waals surface area contributed by atoms with Crippen LogP contribution in [0.15, 0.2) is 47.6 Å². The van der Waals surface area contributed by atoms with E-state index in [0.717, 1.165) is 34.5 Å². The van der Waals surface area contributed by atoms with Gasteiger partial charge in [-0.2, -0.15) is 4.68 Å². The van der Waals surface area contributed by atoms with Gasteiger partial charge in [-0.15, -0.1) is 5.10 Å². The second kappa shape index (κ2) is 9.22. The van der Waals surface area contributed by atoms with E-state index in [2.05, 4.69) is 40.8 Å². The number of para-hydroxylation sites is 2. The van der Waals surface area contributed by atoms with Gasteiger partial charge in [0.05, 0.1) is 10.9 Å². The maximum absolute atomic E-state index is 12.9. The highest BCUT2D eigenvalue weighted by molar-refractivity contribution is 8.00. The van der Waals surface area contributed by atoms with Crippen LogP contribution in [-0.2, 0) is 4.79 Å². The van der Waals surface area contributed by atoms with Crippen molar-refractivity contribution >= 4 is 23.4 Å². The zero-order valence-electron chi connectivity index (χ0n) is 17.5. The number of benzene rings is 2. The standard InChI is InChI=1S/C22H27N5OS/c1-6-14(2)18-12-7-8-13-19(18)23-21(28)17(5)29-22-24-25-26-27(22)20-15(3)10-9-11-16(20)4/h7-14,17H,6H2,1-5H3,(H,23,28)/t14-,17-/m0/s1. The molecule has 0 spiro atoms. The van der Waals surface area contributed by atoms with Crippen LogP contribution in [0.2, 0.25) is 0 Å². The summed E-state index contributed by atoms with van der Waals surface area (Å²) in [5, 5.41) is 15.5. The first-order chi connectivity index (χ1) is 13.9. The van der Waals surface area contributed by atoms with Gasteiger partial charge in [-0.05, 0) is 66.3 Å². The van der Waals surface area contributed by atoms with Crippen LogP contribution < -0.4 is 5.32 Å². The van der Waals surface area contributed by atoms with E-state index < -0.39 is 0 Å². The number of hydrogen-bond donors (Lipinski definition) is 1. The first kappa shape index (κ1) is 21.0. The molecule has 0 aliphatic carbocycles. The molecule has 152 valence electrons. The Balaban J connectivity index is 1.78. The SMILES string of the molecule is CC[C@H](C)c1ccccc1NC(=O)[C@H](C)Sc1nnnn1-c1c(C)cccc1C. The van der Waals surface area contributed by atoms with Crippen molar-refractivity contribution in [1.29, 1.82) is 0 Å². The summed E-state index contributed by atoms with van der Waals surface area (Å²) in [7, 11) is 0. The quantitative estimate of drug-likeness (QED) is 0.561. The van der Waals surface area contributed by atoms with E-state index in [1.807, 2.05) is 57.2 Å². The van der Waals surface area contributed by atoms with Gasteiger partial charge in [-0.25, -0.2) is 0 Å². The number of hydrogen-bond acceptors (Lipinski definition) is 5. The molecule has 1 amide bonds. The average molecular weight is 410 g/mol. The van der Waals surface area contributed by atoms with Crippen molar-refractivity contribution in [2.24, 2.45) is 0 Å². The van der Waals surface area contributed by atoms with Crippen molar-refractivity contribution in [3.05, 3.63) is 59.2 Å². The highest BCUT2D eigenvalue weighted by atomic mass is 32.2. The van der Waals surface area contributed by atoms with Gasteiger partial charge in [-0.3, -0.25) is 4.79 Å². The fourth-order valence-corrected chi connectivity index (χ4v) is 4.03. The van der Waals surface area contributed by atoms with E-state index in [0.29, 0.717) is 11.1 Å².